The van der Waals surface area contributed by atoms with Gasteiger partial charge in [-0.1, -0.05) is 18.5 Å². The zero-order chi connectivity index (χ0) is 13.8. The molecule has 0 spiro atoms. The number of benzene rings is 1. The van der Waals surface area contributed by atoms with Crippen molar-refractivity contribution in [2.75, 3.05) is 13.2 Å². The molecule has 0 aliphatic heterocycles. The van der Waals surface area contributed by atoms with Crippen molar-refractivity contribution in [2.24, 2.45) is 5.92 Å². The molecule has 4 nitrogen and oxygen atoms in total. The molecule has 18 heavy (non-hydrogen) atoms. The third-order valence-electron chi connectivity index (χ3n) is 2.45. The molecule has 1 unspecified atom stereocenters. The number of hydrogen-bond donors (Lipinski definition) is 2. The maximum Gasteiger partial charge on any atom is 0.240 e. The van der Waals surface area contributed by atoms with E-state index in [1.807, 2.05) is 6.92 Å². The summed E-state index contributed by atoms with van der Waals surface area (Å²) in [7, 11) is -3.53. The number of aliphatic hydroxyl groups is 1. The average Bonchev–Trinajstić information content (AvgIpc) is 2.30. The summed E-state index contributed by atoms with van der Waals surface area (Å²) in [6.45, 7) is 2.22. The highest BCUT2D eigenvalue weighted by Gasteiger charge is 2.16. The van der Waals surface area contributed by atoms with Crippen LogP contribution in [0.2, 0.25) is 5.02 Å². The van der Waals surface area contributed by atoms with E-state index in [0.29, 0.717) is 22.5 Å². The predicted molar refractivity (Wildman–Crippen MR) is 75.2 cm³/mol. The molecule has 1 rings (SSSR count). The van der Waals surface area contributed by atoms with Crippen LogP contribution in [0.15, 0.2) is 27.6 Å². The molecule has 0 saturated carbocycles. The summed E-state index contributed by atoms with van der Waals surface area (Å²) in [6, 6.07) is 4.44. The van der Waals surface area contributed by atoms with E-state index in [-0.39, 0.29) is 17.4 Å². The van der Waals surface area contributed by atoms with Crippen LogP contribution in [0.25, 0.3) is 0 Å². The molecule has 1 atom stereocenters. The van der Waals surface area contributed by atoms with Gasteiger partial charge in [0.2, 0.25) is 10.0 Å². The Morgan fingerprint density at radius 3 is 2.72 bits per heavy atom. The normalized spacial score (nSPS) is 13.6. The lowest BCUT2D eigenvalue weighted by Crippen LogP contribution is -2.28. The van der Waals surface area contributed by atoms with E-state index < -0.39 is 10.0 Å². The molecule has 2 N–H and O–H groups in total. The van der Waals surface area contributed by atoms with Gasteiger partial charge in [-0.05, 0) is 46.5 Å². The Morgan fingerprint density at radius 2 is 2.17 bits per heavy atom. The molecular weight excluding hydrogens is 342 g/mol. The fourth-order valence-corrected chi connectivity index (χ4v) is 3.14. The second-order valence-corrected chi connectivity index (χ2v) is 7.07. The molecule has 0 aliphatic carbocycles. The summed E-state index contributed by atoms with van der Waals surface area (Å²) in [5, 5.41) is 9.21. The first-order chi connectivity index (χ1) is 8.36. The number of hydrogen-bond acceptors (Lipinski definition) is 3. The Bertz CT molecular complexity index is 507. The quantitative estimate of drug-likeness (QED) is 0.822. The Labute approximate surface area is 121 Å². The van der Waals surface area contributed by atoms with Crippen molar-refractivity contribution in [2.45, 2.75) is 18.2 Å². The lowest BCUT2D eigenvalue weighted by Gasteiger charge is -2.12. The van der Waals surface area contributed by atoms with E-state index in [4.69, 9.17) is 16.7 Å². The van der Waals surface area contributed by atoms with Crippen LogP contribution in [-0.4, -0.2) is 26.7 Å². The Balaban J connectivity index is 2.77. The highest BCUT2D eigenvalue weighted by molar-refractivity contribution is 9.10. The van der Waals surface area contributed by atoms with Gasteiger partial charge in [-0.3, -0.25) is 0 Å². The van der Waals surface area contributed by atoms with E-state index in [9.17, 15) is 8.42 Å². The summed E-state index contributed by atoms with van der Waals surface area (Å²) < 4.78 is 27.0. The molecule has 0 amide bonds. The molecule has 1 aromatic carbocycles. The number of rotatable bonds is 6. The topological polar surface area (TPSA) is 66.4 Å². The molecule has 0 aromatic heterocycles. The van der Waals surface area contributed by atoms with Gasteiger partial charge in [0.05, 0.1) is 9.92 Å². The number of nitrogens with one attached hydrogen (secondary N) is 1. The van der Waals surface area contributed by atoms with Gasteiger partial charge in [0.1, 0.15) is 0 Å². The first-order valence-corrected chi connectivity index (χ1v) is 8.08. The van der Waals surface area contributed by atoms with E-state index in [2.05, 4.69) is 20.7 Å². The van der Waals surface area contributed by atoms with Crippen LogP contribution >= 0.6 is 27.5 Å². The average molecular weight is 357 g/mol. The lowest BCUT2D eigenvalue weighted by molar-refractivity contribution is 0.263. The van der Waals surface area contributed by atoms with Crippen molar-refractivity contribution >= 4 is 37.6 Å². The second-order valence-electron chi connectivity index (χ2n) is 4.05. The fourth-order valence-electron chi connectivity index (χ4n) is 1.30. The van der Waals surface area contributed by atoms with Crippen LogP contribution in [0.3, 0.4) is 0 Å². The molecule has 0 fully saturated rings. The highest BCUT2D eigenvalue weighted by atomic mass is 79.9. The van der Waals surface area contributed by atoms with Gasteiger partial charge in [-0.15, -0.1) is 0 Å². The van der Waals surface area contributed by atoms with Crippen LogP contribution in [0.4, 0.5) is 0 Å². The number of halogens is 2. The largest absolute Gasteiger partial charge is 0.396 e. The maximum atomic E-state index is 12.0. The van der Waals surface area contributed by atoms with Gasteiger partial charge < -0.3 is 5.11 Å². The minimum Gasteiger partial charge on any atom is -0.396 e. The molecule has 0 radical (unpaired) electrons. The van der Waals surface area contributed by atoms with Crippen LogP contribution < -0.4 is 4.72 Å². The van der Waals surface area contributed by atoms with Crippen LogP contribution in [0.5, 0.6) is 0 Å². The molecule has 1 aromatic rings. The molecule has 102 valence electrons. The van der Waals surface area contributed by atoms with E-state index in [0.717, 1.165) is 0 Å². The summed E-state index contributed by atoms with van der Waals surface area (Å²) >= 11 is 9.00. The number of sulfonamides is 1. The molecule has 0 saturated heterocycles. The van der Waals surface area contributed by atoms with Crippen molar-refractivity contribution in [1.82, 2.24) is 4.72 Å². The van der Waals surface area contributed by atoms with Crippen molar-refractivity contribution < 1.29 is 13.5 Å². The second kappa shape index (κ2) is 6.86. The monoisotopic (exact) mass is 355 g/mol. The smallest absolute Gasteiger partial charge is 0.240 e. The third kappa shape index (κ3) is 4.51. The molecule has 7 heteroatoms. The molecule has 0 heterocycles. The number of aliphatic hydroxyl groups excluding tert-OH is 1. The first kappa shape index (κ1) is 15.9. The third-order valence-corrected chi connectivity index (χ3v) is 5.08. The summed E-state index contributed by atoms with van der Waals surface area (Å²) in [5.74, 6) is 0.0838. The zero-order valence-corrected chi connectivity index (χ0v) is 13.0. The van der Waals surface area contributed by atoms with E-state index >= 15 is 0 Å². The zero-order valence-electron chi connectivity index (χ0n) is 9.86. The van der Waals surface area contributed by atoms with Gasteiger partial charge in [0.25, 0.3) is 0 Å². The van der Waals surface area contributed by atoms with Crippen LogP contribution in [0, 0.1) is 5.92 Å². The van der Waals surface area contributed by atoms with Gasteiger partial charge in [0.15, 0.2) is 0 Å². The van der Waals surface area contributed by atoms with Crippen molar-refractivity contribution in [3.63, 3.8) is 0 Å². The summed E-state index contributed by atoms with van der Waals surface area (Å²) in [4.78, 5) is 0.162. The highest BCUT2D eigenvalue weighted by Crippen LogP contribution is 2.25. The Kier molecular flexibility index (Phi) is 6.07. The van der Waals surface area contributed by atoms with Gasteiger partial charge in [0, 0.05) is 17.6 Å². The van der Waals surface area contributed by atoms with Crippen molar-refractivity contribution in [3.8, 4) is 0 Å². The predicted octanol–water partition coefficient (Wildman–Crippen LogP) is 2.40. The van der Waals surface area contributed by atoms with Crippen molar-refractivity contribution in [3.05, 3.63) is 27.7 Å². The van der Waals surface area contributed by atoms with Gasteiger partial charge >= 0.3 is 0 Å². The van der Waals surface area contributed by atoms with Gasteiger partial charge in [-0.25, -0.2) is 13.1 Å². The van der Waals surface area contributed by atoms with Crippen molar-refractivity contribution in [1.29, 1.82) is 0 Å². The SMILES string of the molecule is CC(CCO)CNS(=O)(=O)c1ccc(Cl)c(Br)c1. The summed E-state index contributed by atoms with van der Waals surface area (Å²) in [5.41, 5.74) is 0. The van der Waals surface area contributed by atoms with E-state index in [1.54, 1.807) is 0 Å². The summed E-state index contributed by atoms with van der Waals surface area (Å²) in [6.07, 6.45) is 0.562. The minimum absolute atomic E-state index is 0.0510. The molecular formula is C11H15BrClNO3S. The minimum atomic E-state index is -3.53. The maximum absolute atomic E-state index is 12.0. The lowest BCUT2D eigenvalue weighted by atomic mass is 10.1. The fraction of sp³-hybridized carbons (Fsp3) is 0.455. The first-order valence-electron chi connectivity index (χ1n) is 5.42. The molecule has 0 bridgehead atoms. The van der Waals surface area contributed by atoms with Gasteiger partial charge in [-0.2, -0.15) is 0 Å². The van der Waals surface area contributed by atoms with Crippen LogP contribution in [0.1, 0.15) is 13.3 Å². The molecule has 0 aliphatic rings. The Hall–Kier alpha value is -0.140. The van der Waals surface area contributed by atoms with Crippen LogP contribution in [-0.2, 0) is 10.0 Å². The Morgan fingerprint density at radius 1 is 1.50 bits per heavy atom. The van der Waals surface area contributed by atoms with E-state index in [1.165, 1.54) is 18.2 Å². The standard InChI is InChI=1S/C11H15BrClNO3S/c1-8(4-5-15)7-14-18(16,17)9-2-3-11(13)10(12)6-9/h2-3,6,8,14-15H,4-5,7H2,1H3.